The Kier molecular flexibility index (Phi) is 7.89. The van der Waals surface area contributed by atoms with Crippen LogP contribution < -0.4 is 10.1 Å². The van der Waals surface area contributed by atoms with Gasteiger partial charge in [-0.2, -0.15) is 8.42 Å². The maximum Gasteiger partial charge on any atom is 0.294 e. The van der Waals surface area contributed by atoms with Crippen LogP contribution in [0.3, 0.4) is 0 Å². The van der Waals surface area contributed by atoms with Crippen molar-refractivity contribution in [2.45, 2.75) is 18.2 Å². The maximum absolute atomic E-state index is 13.2. The topological polar surface area (TPSA) is 138 Å². The van der Waals surface area contributed by atoms with E-state index in [4.69, 9.17) is 27.9 Å². The Morgan fingerprint density at radius 2 is 1.76 bits per heavy atom. The largest absolute Gasteiger partial charge is 0.505 e. The molecule has 3 N–H and O–H groups in total. The summed E-state index contributed by atoms with van der Waals surface area (Å²) >= 11 is 12.5. The van der Waals surface area contributed by atoms with E-state index in [0.29, 0.717) is 28.5 Å². The summed E-state index contributed by atoms with van der Waals surface area (Å²) < 4.78 is 38.6. The van der Waals surface area contributed by atoms with E-state index in [-0.39, 0.29) is 37.6 Å². The monoisotopic (exact) mass is 573 g/mol. The van der Waals surface area contributed by atoms with Crippen LogP contribution in [0.15, 0.2) is 75.8 Å². The zero-order chi connectivity index (χ0) is 27.6. The zero-order valence-corrected chi connectivity index (χ0v) is 22.4. The van der Waals surface area contributed by atoms with Gasteiger partial charge < -0.3 is 15.2 Å². The molecule has 4 aromatic carbocycles. The number of hydrogen-bond donors (Lipinski definition) is 3. The van der Waals surface area contributed by atoms with E-state index in [1.807, 2.05) is 0 Å². The van der Waals surface area contributed by atoms with Gasteiger partial charge in [-0.3, -0.25) is 9.35 Å². The number of ether oxygens (including phenoxy) is 1. The summed E-state index contributed by atoms with van der Waals surface area (Å²) in [6, 6.07) is 15.7. The van der Waals surface area contributed by atoms with Crippen molar-refractivity contribution in [3.8, 4) is 11.5 Å². The number of nitrogens with zero attached hydrogens (tertiary/aromatic N) is 2. The summed E-state index contributed by atoms with van der Waals surface area (Å²) in [4.78, 5) is 12.9. The predicted octanol–water partition coefficient (Wildman–Crippen LogP) is 7.34. The Bertz CT molecular complexity index is 1710. The average molecular weight is 574 g/mol. The Hall–Kier alpha value is -3.70. The summed E-state index contributed by atoms with van der Waals surface area (Å²) in [5.41, 5.74) is 0.293. The first-order valence-corrected chi connectivity index (χ1v) is 13.3. The van der Waals surface area contributed by atoms with E-state index in [2.05, 4.69) is 15.5 Å². The van der Waals surface area contributed by atoms with Crippen LogP contribution in [0, 0.1) is 0 Å². The normalized spacial score (nSPS) is 11.7. The van der Waals surface area contributed by atoms with Gasteiger partial charge in [0.05, 0.1) is 27.6 Å². The molecule has 0 saturated heterocycles. The van der Waals surface area contributed by atoms with E-state index in [1.54, 1.807) is 49.4 Å². The molecule has 0 aliphatic heterocycles. The molecular weight excluding hydrogens is 553 g/mol. The predicted molar refractivity (Wildman–Crippen MR) is 146 cm³/mol. The molecule has 0 aliphatic carbocycles. The van der Waals surface area contributed by atoms with E-state index in [0.717, 1.165) is 6.07 Å². The van der Waals surface area contributed by atoms with Crippen molar-refractivity contribution in [3.05, 3.63) is 81.8 Å². The number of carbonyl (C=O) groups excluding carboxylic acids is 1. The fraction of sp³-hybridized carbons (Fsp3) is 0.115. The van der Waals surface area contributed by atoms with Crippen molar-refractivity contribution in [2.75, 3.05) is 12.4 Å². The lowest BCUT2D eigenvalue weighted by atomic mass is 10.0. The minimum atomic E-state index is -4.55. The van der Waals surface area contributed by atoms with E-state index in [9.17, 15) is 22.9 Å². The number of phenols is 1. The molecule has 38 heavy (non-hydrogen) atoms. The second kappa shape index (κ2) is 11.0. The molecule has 196 valence electrons. The Morgan fingerprint density at radius 3 is 2.45 bits per heavy atom. The average Bonchev–Trinajstić information content (AvgIpc) is 2.88. The van der Waals surface area contributed by atoms with Gasteiger partial charge in [-0.25, -0.2) is 0 Å². The molecule has 0 aromatic heterocycles. The van der Waals surface area contributed by atoms with Crippen molar-refractivity contribution in [2.24, 2.45) is 10.2 Å². The number of phenolic OH excluding ortho intramolecular Hbond substituents is 1. The molecule has 0 unspecified atom stereocenters. The molecule has 4 aromatic rings. The van der Waals surface area contributed by atoms with E-state index >= 15 is 0 Å². The van der Waals surface area contributed by atoms with Crippen molar-refractivity contribution in [1.29, 1.82) is 0 Å². The van der Waals surface area contributed by atoms with Gasteiger partial charge in [0.25, 0.3) is 16.0 Å². The van der Waals surface area contributed by atoms with Crippen molar-refractivity contribution in [1.82, 2.24) is 0 Å². The first-order chi connectivity index (χ1) is 18.0. The van der Waals surface area contributed by atoms with Gasteiger partial charge >= 0.3 is 0 Å². The highest BCUT2D eigenvalue weighted by atomic mass is 35.5. The molecule has 9 nitrogen and oxygen atoms in total. The molecule has 0 atom stereocenters. The molecule has 0 heterocycles. The number of azo groups is 1. The highest BCUT2D eigenvalue weighted by molar-refractivity contribution is 7.85. The molecule has 0 fully saturated rings. The molecule has 12 heteroatoms. The van der Waals surface area contributed by atoms with Gasteiger partial charge in [0.2, 0.25) is 0 Å². The summed E-state index contributed by atoms with van der Waals surface area (Å²) in [6.45, 7) is 1.71. The van der Waals surface area contributed by atoms with E-state index in [1.165, 1.54) is 19.2 Å². The summed E-state index contributed by atoms with van der Waals surface area (Å²) in [6.07, 6.45) is 0.297. The van der Waals surface area contributed by atoms with Crippen LogP contribution in [0.5, 0.6) is 11.5 Å². The van der Waals surface area contributed by atoms with Crippen LogP contribution in [0.1, 0.15) is 22.8 Å². The van der Waals surface area contributed by atoms with Gasteiger partial charge in [-0.15, -0.1) is 10.2 Å². The molecule has 1 amide bonds. The number of aromatic hydroxyl groups is 1. The molecule has 0 saturated carbocycles. The van der Waals surface area contributed by atoms with Crippen molar-refractivity contribution < 1.29 is 27.6 Å². The number of nitrogens with one attached hydrogen (secondary N) is 1. The molecule has 4 rings (SSSR count). The third-order valence-corrected chi connectivity index (χ3v) is 7.27. The second-order valence-corrected chi connectivity index (χ2v) is 10.3. The first kappa shape index (κ1) is 27.3. The van der Waals surface area contributed by atoms with E-state index < -0.39 is 21.8 Å². The van der Waals surface area contributed by atoms with Crippen LogP contribution in [0.4, 0.5) is 17.1 Å². The lowest BCUT2D eigenvalue weighted by molar-refractivity contribution is 0.102. The fourth-order valence-electron chi connectivity index (χ4n) is 3.85. The number of benzene rings is 4. The van der Waals surface area contributed by atoms with Gasteiger partial charge in [0.15, 0.2) is 5.75 Å². The third-order valence-electron chi connectivity index (χ3n) is 5.72. The second-order valence-electron chi connectivity index (χ2n) is 8.05. The van der Waals surface area contributed by atoms with Crippen LogP contribution in [0.25, 0.3) is 10.8 Å². The van der Waals surface area contributed by atoms with Crippen molar-refractivity contribution in [3.63, 3.8) is 0 Å². The number of halogens is 2. The van der Waals surface area contributed by atoms with Gasteiger partial charge in [0, 0.05) is 5.39 Å². The third kappa shape index (κ3) is 5.44. The highest BCUT2D eigenvalue weighted by Gasteiger charge is 2.22. The first-order valence-electron chi connectivity index (χ1n) is 11.1. The van der Waals surface area contributed by atoms with Crippen LogP contribution in [0.2, 0.25) is 10.0 Å². The Balaban J connectivity index is 1.83. The molecule has 0 radical (unpaired) electrons. The Labute approximate surface area is 228 Å². The number of rotatable bonds is 7. The quantitative estimate of drug-likeness (QED) is 0.156. The zero-order valence-electron chi connectivity index (χ0n) is 20.1. The lowest BCUT2D eigenvalue weighted by Crippen LogP contribution is -2.13. The standard InChI is InChI=1S/C26H21Cl2N3O6S/c1-3-14-12-19(28)20(13-22(14)38(34,35)36)30-31-23-16-8-5-4-7-15(16)11-17(25(23)32)26(33)29-24-18(27)9-6-10-21(24)37-2/h4-13,32H,3H2,1-2H3,(H,29,33)(H,34,35,36). The number of methoxy groups -OCH3 is 1. The number of carbonyl (C=O) groups is 1. The lowest BCUT2D eigenvalue weighted by Gasteiger charge is -2.14. The smallest absolute Gasteiger partial charge is 0.294 e. The SMILES string of the molecule is CCc1cc(Cl)c(N=Nc2c(O)c(C(=O)Nc3c(Cl)cccc3OC)cc3ccccc23)cc1S(=O)(=O)O. The summed E-state index contributed by atoms with van der Waals surface area (Å²) in [5, 5.41) is 23.3. The summed E-state index contributed by atoms with van der Waals surface area (Å²) in [7, 11) is -3.12. The highest BCUT2D eigenvalue weighted by Crippen LogP contribution is 2.41. The van der Waals surface area contributed by atoms with Crippen molar-refractivity contribution >= 4 is 67.1 Å². The van der Waals surface area contributed by atoms with Crippen LogP contribution in [-0.2, 0) is 16.5 Å². The molecule has 0 spiro atoms. The molecule has 0 aliphatic rings. The van der Waals surface area contributed by atoms with Crippen LogP contribution in [-0.4, -0.2) is 31.1 Å². The number of hydrogen-bond acceptors (Lipinski definition) is 7. The number of aryl methyl sites for hydroxylation is 1. The number of fused-ring (bicyclic) bond motifs is 1. The number of anilines is 1. The maximum atomic E-state index is 13.2. The fourth-order valence-corrected chi connectivity index (χ4v) is 5.08. The minimum Gasteiger partial charge on any atom is -0.505 e. The van der Waals surface area contributed by atoms with Gasteiger partial charge in [0.1, 0.15) is 22.8 Å². The number of amides is 1. The number of para-hydroxylation sites is 1. The van der Waals surface area contributed by atoms with Gasteiger partial charge in [-0.1, -0.05) is 60.5 Å². The van der Waals surface area contributed by atoms with Gasteiger partial charge in [-0.05, 0) is 47.7 Å². The Morgan fingerprint density at radius 1 is 1.03 bits per heavy atom. The van der Waals surface area contributed by atoms with Crippen LogP contribution >= 0.6 is 23.2 Å². The summed E-state index contributed by atoms with van der Waals surface area (Å²) in [5.74, 6) is -0.840. The molecular formula is C26H21Cl2N3O6S. The molecule has 0 bridgehead atoms. The minimum absolute atomic E-state index is 0.0524.